The number of H-pyrrole nitrogens is 1. The summed E-state index contributed by atoms with van der Waals surface area (Å²) in [5, 5.41) is 3.58. The fourth-order valence-corrected chi connectivity index (χ4v) is 4.42. The van der Waals surface area contributed by atoms with Gasteiger partial charge in [0.05, 0.1) is 19.8 Å². The van der Waals surface area contributed by atoms with Crippen LogP contribution in [0, 0.1) is 0 Å². The normalized spacial score (nSPS) is 28.8. The molecule has 1 atom stereocenters. The molecular formula is C13H22N4OS. The van der Waals surface area contributed by atoms with E-state index >= 15 is 0 Å². The molecule has 2 aliphatic rings. The molecule has 0 aromatic carbocycles. The second-order valence-corrected chi connectivity index (χ2v) is 6.37. The highest BCUT2D eigenvalue weighted by Gasteiger charge is 2.40. The molecule has 0 aliphatic carbocycles. The van der Waals surface area contributed by atoms with Crippen molar-refractivity contribution in [2.75, 3.05) is 44.4 Å². The molecule has 2 saturated heterocycles. The molecule has 5 nitrogen and oxygen atoms in total. The van der Waals surface area contributed by atoms with Crippen molar-refractivity contribution >= 4 is 11.8 Å². The molecule has 2 fully saturated rings. The Morgan fingerprint density at radius 1 is 1.47 bits per heavy atom. The van der Waals surface area contributed by atoms with Crippen molar-refractivity contribution in [3.8, 4) is 0 Å². The highest BCUT2D eigenvalue weighted by molar-refractivity contribution is 7.99. The summed E-state index contributed by atoms with van der Waals surface area (Å²) < 4.78 is 5.48. The minimum Gasteiger partial charge on any atom is -0.379 e. The number of hydrogen-bond acceptors (Lipinski definition) is 5. The molecule has 0 amide bonds. The van der Waals surface area contributed by atoms with Crippen LogP contribution in [0.1, 0.15) is 12.2 Å². The van der Waals surface area contributed by atoms with E-state index in [1.807, 2.05) is 6.20 Å². The summed E-state index contributed by atoms with van der Waals surface area (Å²) in [6.07, 6.45) is 4.96. The van der Waals surface area contributed by atoms with Crippen LogP contribution in [-0.4, -0.2) is 64.8 Å². The Balaban J connectivity index is 1.57. The van der Waals surface area contributed by atoms with Crippen LogP contribution >= 0.6 is 11.8 Å². The highest BCUT2D eigenvalue weighted by Crippen LogP contribution is 2.33. The van der Waals surface area contributed by atoms with Crippen molar-refractivity contribution in [1.29, 1.82) is 0 Å². The van der Waals surface area contributed by atoms with E-state index in [-0.39, 0.29) is 0 Å². The van der Waals surface area contributed by atoms with Gasteiger partial charge in [0.2, 0.25) is 0 Å². The summed E-state index contributed by atoms with van der Waals surface area (Å²) >= 11 is 2.08. The molecule has 3 heterocycles. The molecule has 3 rings (SSSR count). The zero-order chi connectivity index (χ0) is 13.0. The van der Waals surface area contributed by atoms with Gasteiger partial charge in [-0.3, -0.25) is 4.90 Å². The number of thioether (sulfide) groups is 1. The van der Waals surface area contributed by atoms with Gasteiger partial charge in [-0.25, -0.2) is 4.98 Å². The van der Waals surface area contributed by atoms with Gasteiger partial charge in [0.15, 0.2) is 0 Å². The van der Waals surface area contributed by atoms with E-state index < -0.39 is 0 Å². The number of aromatic nitrogens is 2. The monoisotopic (exact) mass is 282 g/mol. The minimum absolute atomic E-state index is 0.320. The third-order valence-corrected chi connectivity index (χ3v) is 5.30. The maximum absolute atomic E-state index is 5.48. The maximum Gasteiger partial charge on any atom is 0.120 e. The molecule has 0 spiro atoms. The fourth-order valence-electron chi connectivity index (χ4n) is 2.94. The molecule has 0 saturated carbocycles. The highest BCUT2D eigenvalue weighted by atomic mass is 32.2. The van der Waals surface area contributed by atoms with Gasteiger partial charge >= 0.3 is 0 Å². The second kappa shape index (κ2) is 6.26. The summed E-state index contributed by atoms with van der Waals surface area (Å²) in [5.74, 6) is 3.53. The Bertz CT molecular complexity index is 372. The first-order chi connectivity index (χ1) is 9.39. The van der Waals surface area contributed by atoms with Crippen LogP contribution in [0.5, 0.6) is 0 Å². The van der Waals surface area contributed by atoms with Crippen LogP contribution in [-0.2, 0) is 11.3 Å². The van der Waals surface area contributed by atoms with E-state index in [0.29, 0.717) is 5.54 Å². The number of nitrogens with one attached hydrogen (secondary N) is 2. The molecule has 1 aromatic rings. The lowest BCUT2D eigenvalue weighted by Gasteiger charge is -2.43. The number of morpholine rings is 1. The van der Waals surface area contributed by atoms with Crippen molar-refractivity contribution in [2.45, 2.75) is 18.5 Å². The average molecular weight is 282 g/mol. The van der Waals surface area contributed by atoms with Crippen LogP contribution in [0.4, 0.5) is 0 Å². The molecular weight excluding hydrogens is 260 g/mol. The van der Waals surface area contributed by atoms with E-state index in [0.717, 1.165) is 45.2 Å². The first-order valence-corrected chi connectivity index (χ1v) is 8.14. The molecule has 106 valence electrons. The third-order valence-electron chi connectivity index (χ3n) is 4.07. The first kappa shape index (κ1) is 13.4. The predicted octanol–water partition coefficient (Wildman–Crippen LogP) is 0.707. The third kappa shape index (κ3) is 3.13. The lowest BCUT2D eigenvalue weighted by molar-refractivity contribution is -0.0134. The van der Waals surface area contributed by atoms with Crippen LogP contribution in [0.15, 0.2) is 12.4 Å². The molecule has 0 radical (unpaired) electrons. The number of nitrogens with zero attached hydrogens (tertiary/aromatic N) is 2. The summed E-state index contributed by atoms with van der Waals surface area (Å²) in [6, 6.07) is 0. The van der Waals surface area contributed by atoms with Gasteiger partial charge in [0.25, 0.3) is 0 Å². The number of ether oxygens (including phenoxy) is 1. The van der Waals surface area contributed by atoms with Crippen molar-refractivity contribution in [3.05, 3.63) is 18.2 Å². The summed E-state index contributed by atoms with van der Waals surface area (Å²) in [7, 11) is 0. The Hall–Kier alpha value is -0.560. The van der Waals surface area contributed by atoms with Gasteiger partial charge in [0, 0.05) is 43.3 Å². The molecule has 6 heteroatoms. The lowest BCUT2D eigenvalue weighted by atomic mass is 9.95. The van der Waals surface area contributed by atoms with Crippen molar-refractivity contribution in [3.63, 3.8) is 0 Å². The number of imidazole rings is 1. The molecule has 2 N–H and O–H groups in total. The molecule has 1 unspecified atom stereocenters. The minimum atomic E-state index is 0.320. The van der Waals surface area contributed by atoms with E-state index in [2.05, 4.69) is 31.9 Å². The maximum atomic E-state index is 5.48. The van der Waals surface area contributed by atoms with Crippen LogP contribution in [0.2, 0.25) is 0 Å². The Morgan fingerprint density at radius 2 is 2.37 bits per heavy atom. The quantitative estimate of drug-likeness (QED) is 0.833. The first-order valence-electron chi connectivity index (χ1n) is 6.99. The number of hydrogen-bond donors (Lipinski definition) is 2. The standard InChI is InChI=1S/C13H22N4OS/c1-8-19-11-13(1,17-4-6-18-7-5-17)10-14-9-12-15-2-3-16-12/h2-3,14H,1,4-11H2,(H,15,16). The number of rotatable bonds is 5. The van der Waals surface area contributed by atoms with Gasteiger partial charge in [-0.1, -0.05) is 0 Å². The summed E-state index contributed by atoms with van der Waals surface area (Å²) in [4.78, 5) is 10.0. The fraction of sp³-hybridized carbons (Fsp3) is 0.769. The summed E-state index contributed by atoms with van der Waals surface area (Å²) in [6.45, 7) is 5.77. The second-order valence-electron chi connectivity index (χ2n) is 5.27. The van der Waals surface area contributed by atoms with Crippen LogP contribution < -0.4 is 5.32 Å². The van der Waals surface area contributed by atoms with Gasteiger partial charge in [-0.05, 0) is 12.2 Å². The Morgan fingerprint density at radius 3 is 3.05 bits per heavy atom. The van der Waals surface area contributed by atoms with E-state index in [4.69, 9.17) is 4.74 Å². The molecule has 19 heavy (non-hydrogen) atoms. The van der Waals surface area contributed by atoms with Gasteiger partial charge in [0.1, 0.15) is 5.82 Å². The SMILES string of the molecule is c1c[nH]c(CNCC2(N3CCOCC3)CCSC2)n1. The van der Waals surface area contributed by atoms with Crippen LogP contribution in [0.3, 0.4) is 0 Å². The lowest BCUT2D eigenvalue weighted by Crippen LogP contribution is -2.58. The molecule has 2 aliphatic heterocycles. The van der Waals surface area contributed by atoms with Crippen molar-refractivity contribution in [2.24, 2.45) is 0 Å². The van der Waals surface area contributed by atoms with E-state index in [9.17, 15) is 0 Å². The van der Waals surface area contributed by atoms with Crippen molar-refractivity contribution < 1.29 is 4.74 Å². The van der Waals surface area contributed by atoms with Crippen LogP contribution in [0.25, 0.3) is 0 Å². The number of aromatic amines is 1. The predicted molar refractivity (Wildman–Crippen MR) is 77.4 cm³/mol. The van der Waals surface area contributed by atoms with Crippen molar-refractivity contribution in [1.82, 2.24) is 20.2 Å². The van der Waals surface area contributed by atoms with E-state index in [1.54, 1.807) is 6.20 Å². The average Bonchev–Trinajstić information content (AvgIpc) is 3.12. The zero-order valence-electron chi connectivity index (χ0n) is 11.2. The molecule has 1 aromatic heterocycles. The molecule has 0 bridgehead atoms. The van der Waals surface area contributed by atoms with Gasteiger partial charge in [-0.2, -0.15) is 11.8 Å². The zero-order valence-corrected chi connectivity index (χ0v) is 12.0. The Kier molecular flexibility index (Phi) is 4.42. The van der Waals surface area contributed by atoms with Gasteiger partial charge < -0.3 is 15.0 Å². The van der Waals surface area contributed by atoms with Gasteiger partial charge in [-0.15, -0.1) is 0 Å². The topological polar surface area (TPSA) is 53.2 Å². The largest absolute Gasteiger partial charge is 0.379 e. The summed E-state index contributed by atoms with van der Waals surface area (Å²) in [5.41, 5.74) is 0.320. The smallest absolute Gasteiger partial charge is 0.120 e. The Labute approximate surface area is 118 Å². The van der Waals surface area contributed by atoms with E-state index in [1.165, 1.54) is 17.9 Å².